The first-order valence-corrected chi connectivity index (χ1v) is 16.0. The summed E-state index contributed by atoms with van der Waals surface area (Å²) in [5.74, 6) is -2.38. The van der Waals surface area contributed by atoms with Crippen LogP contribution in [-0.4, -0.2) is 47.1 Å². The first-order chi connectivity index (χ1) is 24.0. The minimum absolute atomic E-state index is 0.00185. The molecule has 4 aromatic carbocycles. The maximum atomic E-state index is 13.9. The lowest BCUT2D eigenvalue weighted by Gasteiger charge is -2.25. The van der Waals surface area contributed by atoms with Crippen molar-refractivity contribution in [3.63, 3.8) is 0 Å². The number of ether oxygens (including phenoxy) is 1. The molecule has 0 heterocycles. The number of urea groups is 1. The second-order valence-electron chi connectivity index (χ2n) is 11.7. The van der Waals surface area contributed by atoms with E-state index in [1.165, 1.54) is 40.8 Å². The number of carbonyl (C=O) groups is 3. The largest absolute Gasteiger partial charge is 0.573 e. The molecule has 1 aliphatic carbocycles. The predicted molar refractivity (Wildman–Crippen MR) is 182 cm³/mol. The van der Waals surface area contributed by atoms with Gasteiger partial charge in [0, 0.05) is 23.4 Å². The Morgan fingerprint density at radius 3 is 2.18 bits per heavy atom. The molecule has 0 unspecified atom stereocenters. The molecule has 0 aromatic heterocycles. The predicted octanol–water partition coefficient (Wildman–Crippen LogP) is 7.30. The highest BCUT2D eigenvalue weighted by Crippen LogP contribution is 2.35. The van der Waals surface area contributed by atoms with E-state index in [0.717, 1.165) is 31.2 Å². The van der Waals surface area contributed by atoms with Crippen molar-refractivity contribution in [1.29, 1.82) is 0 Å². The number of halogens is 3. The third-order valence-electron chi connectivity index (χ3n) is 8.23. The number of amides is 3. The summed E-state index contributed by atoms with van der Waals surface area (Å²) in [6, 6.07) is 26.2. The van der Waals surface area contributed by atoms with Crippen molar-refractivity contribution in [2.75, 3.05) is 11.4 Å². The maximum Gasteiger partial charge on any atom is 0.573 e. The van der Waals surface area contributed by atoms with Crippen molar-refractivity contribution in [2.45, 2.75) is 51.2 Å². The van der Waals surface area contributed by atoms with Crippen molar-refractivity contribution < 1.29 is 42.5 Å². The Morgan fingerprint density at radius 2 is 1.52 bits per heavy atom. The molecule has 4 aromatic rings. The second kappa shape index (κ2) is 16.2. The van der Waals surface area contributed by atoms with Gasteiger partial charge in [-0.25, -0.2) is 9.59 Å². The highest BCUT2D eigenvalue weighted by atomic mass is 19.4. The number of aliphatic carboxylic acids is 1. The number of hydrogen-bond donors (Lipinski definition) is 4. The van der Waals surface area contributed by atoms with Crippen LogP contribution in [0, 0.1) is 0 Å². The molecule has 0 fully saturated rings. The van der Waals surface area contributed by atoms with Gasteiger partial charge in [-0.2, -0.15) is 0 Å². The van der Waals surface area contributed by atoms with E-state index in [-0.39, 0.29) is 30.0 Å². The van der Waals surface area contributed by atoms with E-state index in [4.69, 9.17) is 5.11 Å². The molecule has 0 saturated heterocycles. The topological polar surface area (TPSA) is 128 Å². The molecule has 0 saturated carbocycles. The average Bonchev–Trinajstić information content (AvgIpc) is 3.12. The Morgan fingerprint density at radius 1 is 0.840 bits per heavy atom. The fraction of sp³-hybridized carbons (Fsp3) is 0.237. The molecule has 0 aliphatic heterocycles. The number of anilines is 1. The number of carboxylic acids is 1. The molecule has 9 nitrogen and oxygen atoms in total. The number of hydrogen-bond acceptors (Lipinski definition) is 5. The first kappa shape index (κ1) is 35.7. The summed E-state index contributed by atoms with van der Waals surface area (Å²) in [4.78, 5) is 38.7. The van der Waals surface area contributed by atoms with E-state index < -0.39 is 36.9 Å². The summed E-state index contributed by atoms with van der Waals surface area (Å²) < 4.78 is 43.8. The zero-order valence-corrected chi connectivity index (χ0v) is 27.0. The van der Waals surface area contributed by atoms with Crippen LogP contribution in [0.25, 0.3) is 16.7 Å². The van der Waals surface area contributed by atoms with Gasteiger partial charge in [0.25, 0.3) is 5.91 Å². The zero-order valence-electron chi connectivity index (χ0n) is 27.0. The number of aliphatic hydroxyl groups is 1. The van der Waals surface area contributed by atoms with Crippen LogP contribution >= 0.6 is 0 Å². The van der Waals surface area contributed by atoms with Crippen LogP contribution < -0.4 is 20.3 Å². The van der Waals surface area contributed by atoms with Gasteiger partial charge in [0.05, 0.1) is 13.1 Å². The summed E-state index contributed by atoms with van der Waals surface area (Å²) in [5, 5.41) is 23.6. The Balaban J connectivity index is 1.37. The van der Waals surface area contributed by atoms with Gasteiger partial charge < -0.3 is 25.6 Å². The van der Waals surface area contributed by atoms with Crippen molar-refractivity contribution in [1.82, 2.24) is 10.6 Å². The summed E-state index contributed by atoms with van der Waals surface area (Å²) in [6.45, 7) is -0.351. The van der Waals surface area contributed by atoms with Crippen molar-refractivity contribution in [2.24, 2.45) is 0 Å². The number of para-hydroxylation sites is 1. The molecule has 260 valence electrons. The lowest BCUT2D eigenvalue weighted by molar-refractivity contribution is -0.274. The molecule has 1 aliphatic rings. The van der Waals surface area contributed by atoms with Gasteiger partial charge in [-0.1, -0.05) is 72.8 Å². The fourth-order valence-electron chi connectivity index (χ4n) is 5.67. The van der Waals surface area contributed by atoms with Crippen LogP contribution in [0.4, 0.5) is 23.7 Å². The number of benzene rings is 4. The Hall–Kier alpha value is -5.62. The maximum absolute atomic E-state index is 13.9. The number of aliphatic hydroxyl groups excluding tert-OH is 1. The number of allylic oxidation sites excluding steroid dienone is 2. The smallest absolute Gasteiger partial charge is 0.479 e. The molecule has 0 bridgehead atoms. The van der Waals surface area contributed by atoms with Crippen molar-refractivity contribution >= 4 is 29.2 Å². The normalized spacial score (nSPS) is 13.5. The van der Waals surface area contributed by atoms with Gasteiger partial charge in [0.1, 0.15) is 5.75 Å². The van der Waals surface area contributed by atoms with Gasteiger partial charge in [-0.3, -0.25) is 9.69 Å². The van der Waals surface area contributed by atoms with Crippen molar-refractivity contribution in [3.05, 3.63) is 125 Å². The number of nitrogens with zero attached hydrogens (tertiary/aromatic N) is 1. The standard InChI is InChI=1S/C38H36F3N3O6/c39-38(40,41)50-34-13-7-6-12-32(34)31-11-5-4-10-29(31)22-43-37(49)44(30-20-18-27(19-21-30)26-8-2-1-3-9-26)24-25-14-16-28(17-15-25)35(46)42-23-33(45)36(47)48/h4-8,10-21,33,45H,1-3,9,22-24H2,(H,42,46)(H,43,49)(H,47,48)/t33-/m1/s1. The Kier molecular flexibility index (Phi) is 11.6. The number of carboxylic acid groups (broad SMARTS) is 1. The molecule has 4 N–H and O–H groups in total. The fourth-order valence-corrected chi connectivity index (χ4v) is 5.67. The minimum atomic E-state index is -4.88. The van der Waals surface area contributed by atoms with Crippen LogP contribution in [0.2, 0.25) is 0 Å². The SMILES string of the molecule is O=C(NC[C@@H](O)C(=O)O)c1ccc(CN(C(=O)NCc2ccccc2-c2ccccc2OC(F)(F)F)c2ccc(C3=CCCCC3)cc2)cc1. The lowest BCUT2D eigenvalue weighted by Crippen LogP contribution is -2.39. The van der Waals surface area contributed by atoms with Gasteiger partial charge in [0.15, 0.2) is 6.10 Å². The minimum Gasteiger partial charge on any atom is -0.479 e. The molecule has 12 heteroatoms. The summed E-state index contributed by atoms with van der Waals surface area (Å²) in [5.41, 5.74) is 5.11. The first-order valence-electron chi connectivity index (χ1n) is 16.0. The number of rotatable bonds is 12. The monoisotopic (exact) mass is 687 g/mol. The summed E-state index contributed by atoms with van der Waals surface area (Å²) in [7, 11) is 0. The quantitative estimate of drug-likeness (QED) is 0.124. The zero-order chi connectivity index (χ0) is 35.7. The number of nitrogens with one attached hydrogen (secondary N) is 2. The average molecular weight is 688 g/mol. The molecule has 0 spiro atoms. The van der Waals surface area contributed by atoms with E-state index in [2.05, 4.69) is 21.4 Å². The molecule has 5 rings (SSSR count). The van der Waals surface area contributed by atoms with E-state index in [1.54, 1.807) is 42.5 Å². The van der Waals surface area contributed by atoms with Crippen LogP contribution in [0.15, 0.2) is 103 Å². The van der Waals surface area contributed by atoms with Gasteiger partial charge in [-0.15, -0.1) is 13.2 Å². The molecular weight excluding hydrogens is 651 g/mol. The van der Waals surface area contributed by atoms with Crippen LogP contribution in [0.5, 0.6) is 5.75 Å². The molecule has 1 atom stereocenters. The number of alkyl halides is 3. The van der Waals surface area contributed by atoms with Crippen LogP contribution in [0.1, 0.15) is 52.7 Å². The highest BCUT2D eigenvalue weighted by molar-refractivity contribution is 5.95. The van der Waals surface area contributed by atoms with E-state index in [9.17, 15) is 32.7 Å². The Labute approximate surface area is 287 Å². The molecular formula is C38H36F3N3O6. The Bertz CT molecular complexity index is 1840. The van der Waals surface area contributed by atoms with E-state index in [1.807, 2.05) is 24.3 Å². The summed E-state index contributed by atoms with van der Waals surface area (Å²) >= 11 is 0. The molecule has 0 radical (unpaired) electrons. The molecule has 50 heavy (non-hydrogen) atoms. The van der Waals surface area contributed by atoms with Gasteiger partial charge >= 0.3 is 18.4 Å². The van der Waals surface area contributed by atoms with Crippen LogP contribution in [0.3, 0.4) is 0 Å². The lowest BCUT2D eigenvalue weighted by atomic mass is 9.93. The van der Waals surface area contributed by atoms with E-state index in [0.29, 0.717) is 22.4 Å². The second-order valence-corrected chi connectivity index (χ2v) is 11.7. The number of carbonyl (C=O) groups excluding carboxylic acids is 2. The highest BCUT2D eigenvalue weighted by Gasteiger charge is 2.32. The third kappa shape index (κ3) is 9.50. The van der Waals surface area contributed by atoms with Crippen LogP contribution in [-0.2, 0) is 17.9 Å². The van der Waals surface area contributed by atoms with Gasteiger partial charge in [0.2, 0.25) is 0 Å². The molecule has 3 amide bonds. The third-order valence-corrected chi connectivity index (χ3v) is 8.23. The van der Waals surface area contributed by atoms with Crippen molar-refractivity contribution in [3.8, 4) is 16.9 Å². The summed E-state index contributed by atoms with van der Waals surface area (Å²) in [6.07, 6.45) is -0.106. The van der Waals surface area contributed by atoms with E-state index >= 15 is 0 Å². The van der Waals surface area contributed by atoms with Gasteiger partial charge in [-0.05, 0) is 83.8 Å².